The lowest BCUT2D eigenvalue weighted by Crippen LogP contribution is -2.58. The van der Waals surface area contributed by atoms with Crippen LogP contribution >= 0.6 is 12.6 Å². The molecule has 0 radical (unpaired) electrons. The average molecular weight is 478 g/mol. The highest BCUT2D eigenvalue weighted by atomic mass is 32.1. The van der Waals surface area contributed by atoms with Crippen LogP contribution in [0.4, 0.5) is 0 Å². The SMILES string of the molecule is CC(C)CC(NC(=O)C(CO)NC(=O)C(CCCN=C(N)N)NC(=O)C(N)CS)C(=O)O. The van der Waals surface area contributed by atoms with Gasteiger partial charge in [0.2, 0.25) is 17.7 Å². The van der Waals surface area contributed by atoms with Crippen LogP contribution in [-0.4, -0.2) is 82.9 Å². The Morgan fingerprint density at radius 1 is 0.969 bits per heavy atom. The molecule has 0 aromatic carbocycles. The fourth-order valence-corrected chi connectivity index (χ4v) is 2.73. The number of nitrogens with zero attached hydrogens (tertiary/aromatic N) is 1. The standard InChI is InChI=1S/C18H35N7O6S/c1-9(2)6-12(17(30)31)24-16(29)13(7-26)25-15(28)11(4-3-5-22-18(20)21)23-14(27)10(19)8-32/h9-13,26,32H,3-8,19H2,1-2H3,(H,23,27)(H,24,29)(H,25,28)(H,30,31)(H4,20,21,22). The summed E-state index contributed by atoms with van der Waals surface area (Å²) in [5.74, 6) is -3.60. The van der Waals surface area contributed by atoms with Gasteiger partial charge in [-0.1, -0.05) is 13.8 Å². The molecule has 0 aliphatic carbocycles. The van der Waals surface area contributed by atoms with Crippen LogP contribution in [0.2, 0.25) is 0 Å². The molecule has 184 valence electrons. The third-order valence-electron chi connectivity index (χ3n) is 4.25. The van der Waals surface area contributed by atoms with Crippen LogP contribution in [0.5, 0.6) is 0 Å². The number of hydrogen-bond donors (Lipinski definition) is 9. The van der Waals surface area contributed by atoms with Crippen molar-refractivity contribution in [1.29, 1.82) is 0 Å². The van der Waals surface area contributed by atoms with Crippen LogP contribution < -0.4 is 33.2 Å². The minimum atomic E-state index is -1.42. The Bertz CT molecular complexity index is 672. The Kier molecular flexibility index (Phi) is 14.0. The van der Waals surface area contributed by atoms with Crippen molar-refractivity contribution in [3.05, 3.63) is 0 Å². The minimum absolute atomic E-state index is 0.0144. The van der Waals surface area contributed by atoms with Gasteiger partial charge in [-0.15, -0.1) is 0 Å². The first-order chi connectivity index (χ1) is 14.9. The Balaban J connectivity index is 5.26. The molecule has 14 heteroatoms. The number of carbonyl (C=O) groups is 4. The number of aliphatic hydroxyl groups is 1. The molecule has 4 atom stereocenters. The molecule has 13 nitrogen and oxygen atoms in total. The number of nitrogens with one attached hydrogen (secondary N) is 3. The van der Waals surface area contributed by atoms with Gasteiger partial charge in [-0.2, -0.15) is 12.6 Å². The molecule has 0 heterocycles. The van der Waals surface area contributed by atoms with Crippen molar-refractivity contribution in [2.24, 2.45) is 28.1 Å². The fourth-order valence-electron chi connectivity index (χ4n) is 2.57. The van der Waals surface area contributed by atoms with Gasteiger partial charge in [-0.05, 0) is 25.2 Å². The summed E-state index contributed by atoms with van der Waals surface area (Å²) < 4.78 is 0. The van der Waals surface area contributed by atoms with Gasteiger partial charge in [-0.3, -0.25) is 19.4 Å². The molecule has 0 spiro atoms. The molecule has 11 N–H and O–H groups in total. The van der Waals surface area contributed by atoms with E-state index < -0.39 is 54.5 Å². The number of hydrogen-bond acceptors (Lipinski definition) is 8. The lowest BCUT2D eigenvalue weighted by Gasteiger charge is -2.24. The molecule has 4 unspecified atom stereocenters. The second-order valence-corrected chi connectivity index (χ2v) is 7.94. The molecule has 0 saturated heterocycles. The molecular weight excluding hydrogens is 442 g/mol. The number of aliphatic hydroxyl groups excluding tert-OH is 1. The number of aliphatic carboxylic acids is 1. The van der Waals surface area contributed by atoms with Gasteiger partial charge in [0.1, 0.15) is 18.1 Å². The first-order valence-corrected chi connectivity index (χ1v) is 10.7. The van der Waals surface area contributed by atoms with Crippen molar-refractivity contribution >= 4 is 42.3 Å². The predicted octanol–water partition coefficient (Wildman–Crippen LogP) is -3.13. The van der Waals surface area contributed by atoms with E-state index in [-0.39, 0.29) is 37.0 Å². The smallest absolute Gasteiger partial charge is 0.326 e. The van der Waals surface area contributed by atoms with Gasteiger partial charge in [0.15, 0.2) is 5.96 Å². The second kappa shape index (κ2) is 15.3. The zero-order valence-electron chi connectivity index (χ0n) is 18.3. The van der Waals surface area contributed by atoms with Gasteiger partial charge in [-0.25, -0.2) is 4.79 Å². The number of amides is 3. The largest absolute Gasteiger partial charge is 0.480 e. The van der Waals surface area contributed by atoms with Crippen molar-refractivity contribution in [3.63, 3.8) is 0 Å². The summed E-state index contributed by atoms with van der Waals surface area (Å²) in [5, 5.41) is 25.9. The molecule has 0 saturated carbocycles. The summed E-state index contributed by atoms with van der Waals surface area (Å²) in [6.45, 7) is 2.99. The van der Waals surface area contributed by atoms with E-state index in [1.165, 1.54) is 0 Å². The normalized spacial score (nSPS) is 14.6. The maximum atomic E-state index is 12.7. The van der Waals surface area contributed by atoms with Crippen LogP contribution in [0, 0.1) is 5.92 Å². The van der Waals surface area contributed by atoms with Crippen LogP contribution in [-0.2, 0) is 19.2 Å². The van der Waals surface area contributed by atoms with Gasteiger partial charge in [0.25, 0.3) is 0 Å². The van der Waals surface area contributed by atoms with Crippen LogP contribution in [0.3, 0.4) is 0 Å². The van der Waals surface area contributed by atoms with Crippen molar-refractivity contribution in [2.45, 2.75) is 57.3 Å². The van der Waals surface area contributed by atoms with E-state index in [2.05, 4.69) is 33.6 Å². The molecule has 0 bridgehead atoms. The Morgan fingerprint density at radius 3 is 1.97 bits per heavy atom. The van der Waals surface area contributed by atoms with Crippen LogP contribution in [0.25, 0.3) is 0 Å². The lowest BCUT2D eigenvalue weighted by atomic mass is 10.0. The number of thiol groups is 1. The molecule has 3 amide bonds. The number of rotatable bonds is 15. The van der Waals surface area contributed by atoms with Crippen molar-refractivity contribution in [2.75, 3.05) is 18.9 Å². The van der Waals surface area contributed by atoms with E-state index in [1.54, 1.807) is 13.8 Å². The summed E-state index contributed by atoms with van der Waals surface area (Å²) in [6, 6.07) is -4.67. The number of carboxylic acids is 1. The number of aliphatic imine (C=N–C) groups is 1. The highest BCUT2D eigenvalue weighted by Crippen LogP contribution is 2.06. The van der Waals surface area contributed by atoms with E-state index in [0.717, 1.165) is 0 Å². The van der Waals surface area contributed by atoms with Gasteiger partial charge in [0, 0.05) is 12.3 Å². The maximum absolute atomic E-state index is 12.7. The highest BCUT2D eigenvalue weighted by Gasteiger charge is 2.30. The third kappa shape index (κ3) is 11.7. The Labute approximate surface area is 192 Å². The number of carboxylic acid groups (broad SMARTS) is 1. The fraction of sp³-hybridized carbons (Fsp3) is 0.722. The van der Waals surface area contributed by atoms with E-state index >= 15 is 0 Å². The van der Waals surface area contributed by atoms with Crippen LogP contribution in [0.1, 0.15) is 33.1 Å². The molecule has 0 rings (SSSR count). The Morgan fingerprint density at radius 2 is 1.50 bits per heavy atom. The summed E-state index contributed by atoms with van der Waals surface area (Å²) in [5.41, 5.74) is 16.1. The van der Waals surface area contributed by atoms with E-state index in [0.29, 0.717) is 6.42 Å². The first-order valence-electron chi connectivity index (χ1n) is 10.1. The van der Waals surface area contributed by atoms with Gasteiger partial charge in [0.05, 0.1) is 12.6 Å². The molecule has 0 aliphatic rings. The quantitative estimate of drug-likeness (QED) is 0.0501. The molecule has 0 aromatic rings. The van der Waals surface area contributed by atoms with E-state index in [4.69, 9.17) is 17.2 Å². The summed E-state index contributed by atoms with van der Waals surface area (Å²) in [6.07, 6.45) is 0.592. The highest BCUT2D eigenvalue weighted by molar-refractivity contribution is 7.80. The summed E-state index contributed by atoms with van der Waals surface area (Å²) in [4.78, 5) is 52.4. The van der Waals surface area contributed by atoms with Gasteiger partial charge < -0.3 is 43.4 Å². The molecule has 0 aromatic heterocycles. The maximum Gasteiger partial charge on any atom is 0.326 e. The molecule has 0 aliphatic heterocycles. The zero-order chi connectivity index (χ0) is 24.8. The number of guanidine groups is 1. The summed E-state index contributed by atoms with van der Waals surface area (Å²) >= 11 is 3.94. The van der Waals surface area contributed by atoms with Crippen molar-refractivity contribution < 1.29 is 29.4 Å². The second-order valence-electron chi connectivity index (χ2n) is 7.57. The van der Waals surface area contributed by atoms with E-state index in [9.17, 15) is 29.4 Å². The zero-order valence-corrected chi connectivity index (χ0v) is 19.2. The van der Waals surface area contributed by atoms with Crippen LogP contribution in [0.15, 0.2) is 4.99 Å². The Hall–Kier alpha value is -2.58. The van der Waals surface area contributed by atoms with E-state index in [1.807, 2.05) is 0 Å². The van der Waals surface area contributed by atoms with Gasteiger partial charge >= 0.3 is 5.97 Å². The first kappa shape index (κ1) is 29.4. The monoisotopic (exact) mass is 477 g/mol. The predicted molar refractivity (Wildman–Crippen MR) is 122 cm³/mol. The lowest BCUT2D eigenvalue weighted by molar-refractivity contribution is -0.143. The number of nitrogens with two attached hydrogens (primary N) is 3. The number of carbonyl (C=O) groups excluding carboxylic acids is 3. The van der Waals surface area contributed by atoms with Crippen molar-refractivity contribution in [3.8, 4) is 0 Å². The molecule has 32 heavy (non-hydrogen) atoms. The minimum Gasteiger partial charge on any atom is -0.480 e. The van der Waals surface area contributed by atoms with Crippen molar-refractivity contribution in [1.82, 2.24) is 16.0 Å². The summed E-state index contributed by atoms with van der Waals surface area (Å²) in [7, 11) is 0. The molecule has 0 fully saturated rings. The average Bonchev–Trinajstić information content (AvgIpc) is 2.71. The molecular formula is C18H35N7O6S. The third-order valence-corrected chi connectivity index (χ3v) is 4.64. The topological polar surface area (TPSA) is 235 Å².